The van der Waals surface area contributed by atoms with Gasteiger partial charge in [0.1, 0.15) is 0 Å². The van der Waals surface area contributed by atoms with E-state index in [0.29, 0.717) is 17.9 Å². The molecule has 7 heteroatoms. The summed E-state index contributed by atoms with van der Waals surface area (Å²) >= 11 is 0. The first-order chi connectivity index (χ1) is 15.5. The Hall–Kier alpha value is -3.03. The molecule has 0 radical (unpaired) electrons. The van der Waals surface area contributed by atoms with Gasteiger partial charge < -0.3 is 14.5 Å². The molecule has 3 heterocycles. The number of rotatable bonds is 6. The summed E-state index contributed by atoms with van der Waals surface area (Å²) in [5.41, 5.74) is 2.26. The molecule has 166 valence electrons. The number of benzene rings is 2. The second-order valence-corrected chi connectivity index (χ2v) is 9.05. The number of carbonyl (C=O) groups excluding carboxylic acids is 1. The molecular weight excluding hydrogens is 404 g/mol. The average molecular weight is 433 g/mol. The van der Waals surface area contributed by atoms with Crippen LogP contribution in [-0.2, 0) is 18.7 Å². The van der Waals surface area contributed by atoms with Gasteiger partial charge in [-0.25, -0.2) is 0 Å². The molecule has 2 aliphatic rings. The normalized spacial score (nSPS) is 18.6. The number of likely N-dealkylation sites (tertiary alicyclic amines) is 1. The molecule has 0 unspecified atom stereocenters. The lowest BCUT2D eigenvalue weighted by molar-refractivity contribution is -0.00754. The maximum absolute atomic E-state index is 12.7. The number of carbonyl (C=O) groups is 1. The minimum atomic E-state index is -1.45. The first kappa shape index (κ1) is 20.8. The summed E-state index contributed by atoms with van der Waals surface area (Å²) in [6.45, 7) is 5.33. The molecule has 1 amide bonds. The zero-order chi connectivity index (χ0) is 22.1. The topological polar surface area (TPSA) is 82.7 Å². The van der Waals surface area contributed by atoms with E-state index in [0.717, 1.165) is 30.8 Å². The van der Waals surface area contributed by atoms with Crippen molar-refractivity contribution in [3.05, 3.63) is 71.1 Å². The summed E-state index contributed by atoms with van der Waals surface area (Å²) < 4.78 is 5.44. The van der Waals surface area contributed by atoms with Crippen LogP contribution in [0.1, 0.15) is 53.6 Å². The van der Waals surface area contributed by atoms with Crippen LogP contribution in [0.25, 0.3) is 11.4 Å². The van der Waals surface area contributed by atoms with Gasteiger partial charge in [-0.3, -0.25) is 9.69 Å². The Balaban J connectivity index is 1.30. The highest BCUT2D eigenvalue weighted by molar-refractivity contribution is 5.98. The smallest absolute Gasteiger partial charge is 0.260 e. The largest absolute Gasteiger partial charge is 0.378 e. The fourth-order valence-electron chi connectivity index (χ4n) is 4.63. The molecule has 1 aromatic heterocycles. The molecule has 2 aliphatic heterocycles. The lowest BCUT2D eigenvalue weighted by atomic mass is 10.1. The number of hydrogen-bond acceptors (Lipinski definition) is 6. The quantitative estimate of drug-likeness (QED) is 0.641. The maximum Gasteiger partial charge on any atom is 0.260 e. The second-order valence-electron chi connectivity index (χ2n) is 9.05. The predicted octanol–water partition coefficient (Wildman–Crippen LogP) is 3.59. The molecule has 0 bridgehead atoms. The van der Waals surface area contributed by atoms with Crippen LogP contribution in [-0.4, -0.2) is 50.6 Å². The SMILES string of the molecule is C[C@@](O)(CN1Cc2ccccc2C1=O)c1nc(-c2cccc(CN3CCCCC3)c2)no1. The number of aliphatic hydroxyl groups is 1. The van der Waals surface area contributed by atoms with Crippen molar-refractivity contribution in [3.63, 3.8) is 0 Å². The van der Waals surface area contributed by atoms with Crippen LogP contribution in [0.4, 0.5) is 0 Å². The third-order valence-corrected chi connectivity index (χ3v) is 6.32. The zero-order valence-electron chi connectivity index (χ0n) is 18.3. The van der Waals surface area contributed by atoms with Gasteiger partial charge in [0.2, 0.25) is 5.82 Å². The van der Waals surface area contributed by atoms with Gasteiger partial charge in [-0.2, -0.15) is 4.98 Å². The van der Waals surface area contributed by atoms with E-state index < -0.39 is 5.60 Å². The Morgan fingerprint density at radius 1 is 1.09 bits per heavy atom. The van der Waals surface area contributed by atoms with Gasteiger partial charge in [0.05, 0.1) is 6.54 Å². The average Bonchev–Trinajstić information content (AvgIpc) is 3.41. The number of amides is 1. The molecule has 1 atom stereocenters. The third-order valence-electron chi connectivity index (χ3n) is 6.32. The summed E-state index contributed by atoms with van der Waals surface area (Å²) in [5.74, 6) is 0.459. The standard InChI is InChI=1S/C25H28N4O3/c1-25(31,17-29-16-20-9-3-4-11-21(20)23(29)30)24-26-22(27-32-24)19-10-7-8-18(14-19)15-28-12-5-2-6-13-28/h3-4,7-11,14,31H,2,5-6,12-13,15-17H2,1H3/t25-/m1/s1. The second kappa shape index (κ2) is 8.48. The summed E-state index contributed by atoms with van der Waals surface area (Å²) in [6, 6.07) is 15.7. The first-order valence-electron chi connectivity index (χ1n) is 11.2. The van der Waals surface area contributed by atoms with Crippen LogP contribution in [0, 0.1) is 0 Å². The fraction of sp³-hybridized carbons (Fsp3) is 0.400. The highest BCUT2D eigenvalue weighted by Crippen LogP contribution is 2.29. The minimum absolute atomic E-state index is 0.0805. The number of nitrogens with zero attached hydrogens (tertiary/aromatic N) is 4. The van der Waals surface area contributed by atoms with E-state index in [2.05, 4.69) is 27.2 Å². The lowest BCUT2D eigenvalue weighted by Crippen LogP contribution is -2.39. The van der Waals surface area contributed by atoms with Gasteiger partial charge >= 0.3 is 0 Å². The van der Waals surface area contributed by atoms with Gasteiger partial charge in [0, 0.05) is 24.2 Å². The number of aromatic nitrogens is 2. The van der Waals surface area contributed by atoms with Gasteiger partial charge in [-0.1, -0.05) is 48.0 Å². The molecule has 32 heavy (non-hydrogen) atoms. The zero-order valence-corrected chi connectivity index (χ0v) is 18.3. The number of hydrogen-bond donors (Lipinski definition) is 1. The Kier molecular flexibility index (Phi) is 5.53. The van der Waals surface area contributed by atoms with Gasteiger partial charge in [-0.05, 0) is 56.1 Å². The van der Waals surface area contributed by atoms with E-state index in [1.807, 2.05) is 36.4 Å². The summed E-state index contributed by atoms with van der Waals surface area (Å²) in [7, 11) is 0. The van der Waals surface area contributed by atoms with Gasteiger partial charge in [-0.15, -0.1) is 0 Å². The predicted molar refractivity (Wildman–Crippen MR) is 120 cm³/mol. The Bertz CT molecular complexity index is 1120. The molecule has 5 rings (SSSR count). The highest BCUT2D eigenvalue weighted by Gasteiger charge is 2.37. The third kappa shape index (κ3) is 4.18. The van der Waals surface area contributed by atoms with Crippen molar-refractivity contribution in [2.24, 2.45) is 0 Å². The van der Waals surface area contributed by atoms with Gasteiger partial charge in [0.25, 0.3) is 11.8 Å². The van der Waals surface area contributed by atoms with Gasteiger partial charge in [0.15, 0.2) is 5.60 Å². The summed E-state index contributed by atoms with van der Waals surface area (Å²) in [6.07, 6.45) is 3.83. The van der Waals surface area contributed by atoms with Crippen molar-refractivity contribution in [2.75, 3.05) is 19.6 Å². The molecule has 2 aromatic carbocycles. The molecule has 0 spiro atoms. The molecule has 1 fully saturated rings. The molecule has 0 aliphatic carbocycles. The number of piperidine rings is 1. The van der Waals surface area contributed by atoms with E-state index in [1.165, 1.54) is 24.8 Å². The summed E-state index contributed by atoms with van der Waals surface area (Å²) in [5, 5.41) is 15.2. The highest BCUT2D eigenvalue weighted by atomic mass is 16.5. The molecule has 0 saturated carbocycles. The molecular formula is C25H28N4O3. The molecule has 7 nitrogen and oxygen atoms in total. The Labute approximate surface area is 187 Å². The molecule has 1 saturated heterocycles. The van der Waals surface area contributed by atoms with Crippen LogP contribution in [0.2, 0.25) is 0 Å². The van der Waals surface area contributed by atoms with E-state index in [1.54, 1.807) is 11.8 Å². The van der Waals surface area contributed by atoms with Crippen molar-refractivity contribution in [2.45, 2.75) is 44.9 Å². The van der Waals surface area contributed by atoms with E-state index in [4.69, 9.17) is 4.52 Å². The molecule has 1 N–H and O–H groups in total. The Morgan fingerprint density at radius 2 is 1.91 bits per heavy atom. The van der Waals surface area contributed by atoms with Crippen molar-refractivity contribution in [1.29, 1.82) is 0 Å². The van der Waals surface area contributed by atoms with Crippen LogP contribution in [0.5, 0.6) is 0 Å². The first-order valence-corrected chi connectivity index (χ1v) is 11.2. The van der Waals surface area contributed by atoms with Crippen molar-refractivity contribution >= 4 is 5.91 Å². The van der Waals surface area contributed by atoms with Crippen molar-refractivity contribution in [1.82, 2.24) is 19.9 Å². The van der Waals surface area contributed by atoms with E-state index in [9.17, 15) is 9.90 Å². The lowest BCUT2D eigenvalue weighted by Gasteiger charge is -2.26. The van der Waals surface area contributed by atoms with Crippen LogP contribution in [0.15, 0.2) is 53.1 Å². The summed E-state index contributed by atoms with van der Waals surface area (Å²) in [4.78, 5) is 21.2. The number of β-amino-alcohol motifs (C(OH)–C–C–N with tert-alkyl or cyclic N) is 1. The Morgan fingerprint density at radius 3 is 2.72 bits per heavy atom. The fourth-order valence-corrected chi connectivity index (χ4v) is 4.63. The van der Waals surface area contributed by atoms with Crippen molar-refractivity contribution < 1.29 is 14.4 Å². The van der Waals surface area contributed by atoms with Crippen LogP contribution in [0.3, 0.4) is 0 Å². The van der Waals surface area contributed by atoms with Crippen LogP contribution < -0.4 is 0 Å². The monoisotopic (exact) mass is 432 g/mol. The maximum atomic E-state index is 12.7. The minimum Gasteiger partial charge on any atom is -0.378 e. The number of fused-ring (bicyclic) bond motifs is 1. The van der Waals surface area contributed by atoms with Crippen LogP contribution >= 0.6 is 0 Å². The molecule has 3 aromatic rings. The van der Waals surface area contributed by atoms with E-state index >= 15 is 0 Å². The van der Waals surface area contributed by atoms with E-state index in [-0.39, 0.29) is 18.3 Å². The van der Waals surface area contributed by atoms with Crippen molar-refractivity contribution in [3.8, 4) is 11.4 Å².